The first-order valence-corrected chi connectivity index (χ1v) is 7.45. The van der Waals surface area contributed by atoms with Crippen LogP contribution in [-0.4, -0.2) is 20.3 Å². The zero-order valence-electron chi connectivity index (χ0n) is 11.5. The molecule has 3 rings (SSSR count). The van der Waals surface area contributed by atoms with E-state index in [4.69, 9.17) is 0 Å². The van der Waals surface area contributed by atoms with Crippen molar-refractivity contribution in [1.29, 1.82) is 0 Å². The third-order valence-corrected chi connectivity index (χ3v) is 3.99. The molecule has 0 aliphatic carbocycles. The first kappa shape index (κ1) is 14.2. The minimum absolute atomic E-state index is 0.358. The second-order valence-electron chi connectivity index (χ2n) is 4.68. The quantitative estimate of drug-likeness (QED) is 0.637. The van der Waals surface area contributed by atoms with E-state index in [9.17, 15) is 15.3 Å². The average molecular weight is 311 g/mol. The summed E-state index contributed by atoms with van der Waals surface area (Å²) in [4.78, 5) is 4.52. The van der Waals surface area contributed by atoms with Gasteiger partial charge in [-0.05, 0) is 23.8 Å². The molecule has 4 nitrogen and oxygen atoms in total. The molecule has 0 fully saturated rings. The molecule has 22 heavy (non-hydrogen) atoms. The zero-order valence-corrected chi connectivity index (χ0v) is 12.3. The highest BCUT2D eigenvalue weighted by Crippen LogP contribution is 2.36. The second-order valence-corrected chi connectivity index (χ2v) is 5.54. The van der Waals surface area contributed by atoms with Crippen LogP contribution in [0.15, 0.2) is 47.8 Å². The predicted molar refractivity (Wildman–Crippen MR) is 87.9 cm³/mol. The van der Waals surface area contributed by atoms with Crippen molar-refractivity contribution >= 4 is 23.5 Å². The minimum atomic E-state index is -0.517. The van der Waals surface area contributed by atoms with Gasteiger partial charge >= 0.3 is 0 Å². The molecule has 0 saturated carbocycles. The van der Waals surface area contributed by atoms with Crippen LogP contribution in [-0.2, 0) is 0 Å². The van der Waals surface area contributed by atoms with E-state index in [1.54, 1.807) is 23.5 Å². The van der Waals surface area contributed by atoms with Crippen LogP contribution in [0.2, 0.25) is 0 Å². The van der Waals surface area contributed by atoms with Crippen LogP contribution in [0, 0.1) is 0 Å². The number of rotatable bonds is 3. The summed E-state index contributed by atoms with van der Waals surface area (Å²) in [6.07, 6.45) is 3.50. The van der Waals surface area contributed by atoms with E-state index in [2.05, 4.69) is 4.98 Å². The summed E-state index contributed by atoms with van der Waals surface area (Å²) in [7, 11) is 0. The number of hydrogen-bond donors (Lipinski definition) is 3. The SMILES string of the molecule is Oc1cc(/C=C/c2csc(-c3ccccc3)n2)cc(O)c1O. The third kappa shape index (κ3) is 2.94. The molecule has 1 aromatic heterocycles. The molecule has 0 spiro atoms. The molecule has 0 aliphatic rings. The molecule has 0 bridgehead atoms. The van der Waals surface area contributed by atoms with Gasteiger partial charge in [0.2, 0.25) is 0 Å². The van der Waals surface area contributed by atoms with Gasteiger partial charge in [0.05, 0.1) is 5.69 Å². The molecule has 0 atom stereocenters. The van der Waals surface area contributed by atoms with Crippen LogP contribution in [0.4, 0.5) is 0 Å². The standard InChI is InChI=1S/C17H13NO3S/c19-14-8-11(9-15(20)16(14)21)6-7-13-10-22-17(18-13)12-4-2-1-3-5-12/h1-10,19-21H/b7-6+. The number of phenolic OH excluding ortho intramolecular Hbond substituents is 3. The number of aromatic nitrogens is 1. The topological polar surface area (TPSA) is 73.6 Å². The Morgan fingerprint density at radius 2 is 1.59 bits per heavy atom. The molecule has 110 valence electrons. The van der Waals surface area contributed by atoms with Crippen LogP contribution < -0.4 is 0 Å². The fourth-order valence-electron chi connectivity index (χ4n) is 1.98. The van der Waals surface area contributed by atoms with Gasteiger partial charge in [0.25, 0.3) is 0 Å². The van der Waals surface area contributed by atoms with Gasteiger partial charge in [-0.15, -0.1) is 11.3 Å². The van der Waals surface area contributed by atoms with Gasteiger partial charge in [-0.25, -0.2) is 4.98 Å². The molecule has 1 heterocycles. The molecule has 0 saturated heterocycles. The van der Waals surface area contributed by atoms with Gasteiger partial charge in [0.15, 0.2) is 17.2 Å². The molecular weight excluding hydrogens is 298 g/mol. The van der Waals surface area contributed by atoms with Crippen molar-refractivity contribution in [2.24, 2.45) is 0 Å². The van der Waals surface area contributed by atoms with E-state index >= 15 is 0 Å². The number of hydrogen-bond acceptors (Lipinski definition) is 5. The second kappa shape index (κ2) is 5.91. The van der Waals surface area contributed by atoms with Crippen molar-refractivity contribution in [2.75, 3.05) is 0 Å². The van der Waals surface area contributed by atoms with Crippen LogP contribution in [0.1, 0.15) is 11.3 Å². The zero-order chi connectivity index (χ0) is 15.5. The van der Waals surface area contributed by atoms with E-state index in [1.165, 1.54) is 12.1 Å². The first-order valence-electron chi connectivity index (χ1n) is 6.57. The third-order valence-electron chi connectivity index (χ3n) is 3.08. The van der Waals surface area contributed by atoms with Gasteiger partial charge in [0.1, 0.15) is 5.01 Å². The lowest BCUT2D eigenvalue weighted by molar-refractivity contribution is 0.368. The van der Waals surface area contributed by atoms with Gasteiger partial charge in [0, 0.05) is 10.9 Å². The Kier molecular flexibility index (Phi) is 3.80. The van der Waals surface area contributed by atoms with Crippen molar-refractivity contribution < 1.29 is 15.3 Å². The largest absolute Gasteiger partial charge is 0.504 e. The van der Waals surface area contributed by atoms with Crippen LogP contribution in [0.25, 0.3) is 22.7 Å². The number of aromatic hydroxyl groups is 3. The molecule has 3 N–H and O–H groups in total. The minimum Gasteiger partial charge on any atom is -0.504 e. The number of phenols is 3. The molecule has 5 heteroatoms. The molecule has 0 aliphatic heterocycles. The fraction of sp³-hybridized carbons (Fsp3) is 0. The van der Waals surface area contributed by atoms with E-state index in [0.29, 0.717) is 5.56 Å². The fourth-order valence-corrected chi connectivity index (χ4v) is 2.77. The Hall–Kier alpha value is -2.79. The van der Waals surface area contributed by atoms with Crippen molar-refractivity contribution in [2.45, 2.75) is 0 Å². The van der Waals surface area contributed by atoms with Gasteiger partial charge < -0.3 is 15.3 Å². The summed E-state index contributed by atoms with van der Waals surface area (Å²) >= 11 is 1.55. The number of benzene rings is 2. The Labute approximate surface area is 131 Å². The maximum Gasteiger partial charge on any atom is 0.200 e. The maximum atomic E-state index is 9.47. The van der Waals surface area contributed by atoms with Gasteiger partial charge in [-0.2, -0.15) is 0 Å². The van der Waals surface area contributed by atoms with Crippen molar-refractivity contribution in [3.8, 4) is 27.8 Å². The highest BCUT2D eigenvalue weighted by molar-refractivity contribution is 7.13. The monoisotopic (exact) mass is 311 g/mol. The van der Waals surface area contributed by atoms with Gasteiger partial charge in [-0.3, -0.25) is 0 Å². The summed E-state index contributed by atoms with van der Waals surface area (Å²) in [5, 5.41) is 31.1. The highest BCUT2D eigenvalue weighted by Gasteiger charge is 2.06. The van der Waals surface area contributed by atoms with Crippen molar-refractivity contribution in [3.63, 3.8) is 0 Å². The first-order chi connectivity index (χ1) is 10.6. The summed E-state index contributed by atoms with van der Waals surface area (Å²) in [6, 6.07) is 12.6. The van der Waals surface area contributed by atoms with E-state index < -0.39 is 5.75 Å². The lowest BCUT2D eigenvalue weighted by atomic mass is 10.1. The molecule has 3 aromatic rings. The van der Waals surface area contributed by atoms with Crippen LogP contribution in [0.5, 0.6) is 17.2 Å². The summed E-state index contributed by atoms with van der Waals surface area (Å²) in [6.45, 7) is 0. The maximum absolute atomic E-state index is 9.47. The Morgan fingerprint density at radius 1 is 0.909 bits per heavy atom. The van der Waals surface area contributed by atoms with E-state index in [-0.39, 0.29) is 11.5 Å². The highest BCUT2D eigenvalue weighted by atomic mass is 32.1. The summed E-state index contributed by atoms with van der Waals surface area (Å²) in [5.41, 5.74) is 2.42. The Balaban J connectivity index is 1.83. The van der Waals surface area contributed by atoms with Crippen LogP contribution >= 0.6 is 11.3 Å². The van der Waals surface area contributed by atoms with Gasteiger partial charge in [-0.1, -0.05) is 36.4 Å². The molecule has 0 amide bonds. The number of thiazole rings is 1. The van der Waals surface area contributed by atoms with Crippen molar-refractivity contribution in [3.05, 3.63) is 59.1 Å². The lowest BCUT2D eigenvalue weighted by Gasteiger charge is -2.01. The predicted octanol–water partition coefficient (Wildman–Crippen LogP) is 4.10. The van der Waals surface area contributed by atoms with Crippen molar-refractivity contribution in [1.82, 2.24) is 4.98 Å². The molecule has 0 unspecified atom stereocenters. The number of nitrogens with zero attached hydrogens (tertiary/aromatic N) is 1. The lowest BCUT2D eigenvalue weighted by Crippen LogP contribution is -1.78. The molecule has 0 radical (unpaired) electrons. The molecular formula is C17H13NO3S. The van der Waals surface area contributed by atoms with E-state index in [0.717, 1.165) is 16.3 Å². The average Bonchev–Trinajstić information content (AvgIpc) is 3.00. The van der Waals surface area contributed by atoms with E-state index in [1.807, 2.05) is 35.7 Å². The summed E-state index contributed by atoms with van der Waals surface area (Å²) in [5.74, 6) is -1.23. The normalized spacial score (nSPS) is 11.1. The molecule has 2 aromatic carbocycles. The smallest absolute Gasteiger partial charge is 0.200 e. The Bertz CT molecular complexity index is 802. The van der Waals surface area contributed by atoms with Crippen LogP contribution in [0.3, 0.4) is 0 Å². The summed E-state index contributed by atoms with van der Waals surface area (Å²) < 4.78 is 0. The Morgan fingerprint density at radius 3 is 2.27 bits per heavy atom.